The van der Waals surface area contributed by atoms with E-state index in [9.17, 15) is 9.59 Å². The number of aliphatic carboxylic acids is 1. The van der Waals surface area contributed by atoms with Crippen LogP contribution >= 0.6 is 0 Å². The summed E-state index contributed by atoms with van der Waals surface area (Å²) in [6.45, 7) is 3.15. The first kappa shape index (κ1) is 13.0. The number of amides is 2. The lowest BCUT2D eigenvalue weighted by atomic mass is 10.00. The van der Waals surface area contributed by atoms with Crippen molar-refractivity contribution in [2.75, 3.05) is 5.32 Å². The van der Waals surface area contributed by atoms with Crippen molar-refractivity contribution in [3.8, 4) is 0 Å². The first-order valence-electron chi connectivity index (χ1n) is 5.20. The molecule has 1 rings (SSSR count). The Labute approximate surface area is 99.1 Å². The predicted octanol–water partition coefficient (Wildman–Crippen LogP) is 1.46. The van der Waals surface area contributed by atoms with Gasteiger partial charge in [-0.15, -0.1) is 0 Å². The van der Waals surface area contributed by atoms with Crippen molar-refractivity contribution in [1.29, 1.82) is 0 Å². The van der Waals surface area contributed by atoms with E-state index in [1.807, 2.05) is 0 Å². The lowest BCUT2D eigenvalue weighted by Gasteiger charge is -2.24. The number of anilines is 1. The van der Waals surface area contributed by atoms with Gasteiger partial charge in [0.15, 0.2) is 0 Å². The lowest BCUT2D eigenvalue weighted by Crippen LogP contribution is -2.53. The summed E-state index contributed by atoms with van der Waals surface area (Å²) in [7, 11) is 0. The number of carboxylic acids is 1. The topological polar surface area (TPSA) is 91.3 Å². The molecule has 92 valence electrons. The van der Waals surface area contributed by atoms with E-state index in [-0.39, 0.29) is 0 Å². The van der Waals surface area contributed by atoms with Crippen LogP contribution in [0.2, 0.25) is 0 Å². The van der Waals surface area contributed by atoms with E-state index in [2.05, 4.69) is 15.6 Å². The molecule has 1 heterocycles. The fourth-order valence-corrected chi connectivity index (χ4v) is 1.14. The van der Waals surface area contributed by atoms with E-state index in [0.717, 1.165) is 0 Å². The standard InChI is InChI=1S/C11H15N3O3/c1-3-11(2,9(15)16)14-10(17)13-8-5-4-6-12-7-8/h4-7H,3H2,1-2H3,(H,15,16)(H2,13,14,17). The summed E-state index contributed by atoms with van der Waals surface area (Å²) in [5.41, 5.74) is -0.763. The van der Waals surface area contributed by atoms with Gasteiger partial charge in [0.25, 0.3) is 0 Å². The Balaban J connectivity index is 2.64. The number of rotatable bonds is 4. The van der Waals surface area contributed by atoms with Crippen LogP contribution in [0.4, 0.5) is 10.5 Å². The van der Waals surface area contributed by atoms with E-state index in [4.69, 9.17) is 5.11 Å². The number of carbonyl (C=O) groups is 2. The summed E-state index contributed by atoms with van der Waals surface area (Å²) in [4.78, 5) is 26.4. The van der Waals surface area contributed by atoms with Gasteiger partial charge in [0.1, 0.15) is 5.54 Å². The highest BCUT2D eigenvalue weighted by Gasteiger charge is 2.32. The van der Waals surface area contributed by atoms with Crippen LogP contribution in [0.5, 0.6) is 0 Å². The number of urea groups is 1. The molecule has 0 fully saturated rings. The smallest absolute Gasteiger partial charge is 0.329 e. The van der Waals surface area contributed by atoms with Crippen molar-refractivity contribution in [1.82, 2.24) is 10.3 Å². The van der Waals surface area contributed by atoms with Crippen LogP contribution in [0.3, 0.4) is 0 Å². The van der Waals surface area contributed by atoms with Gasteiger partial charge in [-0.25, -0.2) is 9.59 Å². The van der Waals surface area contributed by atoms with Gasteiger partial charge in [0, 0.05) is 6.20 Å². The molecule has 2 amide bonds. The molecule has 0 saturated heterocycles. The molecule has 0 bridgehead atoms. The summed E-state index contributed by atoms with van der Waals surface area (Å²) >= 11 is 0. The van der Waals surface area contributed by atoms with Crippen molar-refractivity contribution >= 4 is 17.7 Å². The van der Waals surface area contributed by atoms with Gasteiger partial charge < -0.3 is 15.7 Å². The van der Waals surface area contributed by atoms with E-state index in [1.165, 1.54) is 13.1 Å². The summed E-state index contributed by atoms with van der Waals surface area (Å²) in [6.07, 6.45) is 3.35. The van der Waals surface area contributed by atoms with Crippen molar-refractivity contribution in [3.05, 3.63) is 24.5 Å². The highest BCUT2D eigenvalue weighted by atomic mass is 16.4. The molecule has 17 heavy (non-hydrogen) atoms. The first-order chi connectivity index (χ1) is 7.98. The molecule has 1 aromatic heterocycles. The molecular formula is C11H15N3O3. The summed E-state index contributed by atoms with van der Waals surface area (Å²) in [5, 5.41) is 13.9. The monoisotopic (exact) mass is 237 g/mol. The number of nitrogens with one attached hydrogen (secondary N) is 2. The van der Waals surface area contributed by atoms with Crippen LogP contribution in [-0.2, 0) is 4.79 Å². The second kappa shape index (κ2) is 5.29. The molecule has 1 aromatic rings. The maximum absolute atomic E-state index is 11.6. The van der Waals surface area contributed by atoms with Crippen molar-refractivity contribution in [3.63, 3.8) is 0 Å². The Morgan fingerprint density at radius 2 is 2.24 bits per heavy atom. The lowest BCUT2D eigenvalue weighted by molar-refractivity contribution is -0.143. The SMILES string of the molecule is CCC(C)(NC(=O)Nc1cccnc1)C(=O)O. The van der Waals surface area contributed by atoms with Gasteiger partial charge >= 0.3 is 12.0 Å². The Hall–Kier alpha value is -2.11. The van der Waals surface area contributed by atoms with Crippen LogP contribution in [0, 0.1) is 0 Å². The molecule has 6 heteroatoms. The minimum atomic E-state index is -1.27. The Morgan fingerprint density at radius 3 is 2.71 bits per heavy atom. The van der Waals surface area contributed by atoms with Gasteiger partial charge in [-0.1, -0.05) is 6.92 Å². The molecule has 1 atom stereocenters. The number of hydrogen-bond donors (Lipinski definition) is 3. The third-order valence-corrected chi connectivity index (χ3v) is 2.49. The normalized spacial score (nSPS) is 13.5. The summed E-state index contributed by atoms with van der Waals surface area (Å²) in [5.74, 6) is -1.07. The third-order valence-electron chi connectivity index (χ3n) is 2.49. The zero-order valence-electron chi connectivity index (χ0n) is 9.73. The number of pyridine rings is 1. The van der Waals surface area contributed by atoms with Crippen molar-refractivity contribution in [2.24, 2.45) is 0 Å². The number of nitrogens with zero attached hydrogens (tertiary/aromatic N) is 1. The Morgan fingerprint density at radius 1 is 1.53 bits per heavy atom. The van der Waals surface area contributed by atoms with E-state index < -0.39 is 17.5 Å². The predicted molar refractivity (Wildman–Crippen MR) is 62.7 cm³/mol. The Bertz CT molecular complexity index is 408. The van der Waals surface area contributed by atoms with Gasteiger partial charge in [-0.3, -0.25) is 4.98 Å². The molecule has 0 aliphatic carbocycles. The van der Waals surface area contributed by atoms with Crippen molar-refractivity contribution < 1.29 is 14.7 Å². The molecule has 0 aliphatic heterocycles. The van der Waals surface area contributed by atoms with Gasteiger partial charge in [-0.2, -0.15) is 0 Å². The number of hydrogen-bond acceptors (Lipinski definition) is 3. The minimum absolute atomic E-state index is 0.294. The fourth-order valence-electron chi connectivity index (χ4n) is 1.14. The zero-order chi connectivity index (χ0) is 12.9. The molecule has 0 spiro atoms. The van der Waals surface area contributed by atoms with Crippen molar-refractivity contribution in [2.45, 2.75) is 25.8 Å². The van der Waals surface area contributed by atoms with E-state index >= 15 is 0 Å². The third kappa shape index (κ3) is 3.44. The zero-order valence-corrected chi connectivity index (χ0v) is 9.73. The maximum Gasteiger partial charge on any atom is 0.329 e. The van der Waals surface area contributed by atoms with E-state index in [1.54, 1.807) is 25.3 Å². The molecule has 0 aliphatic rings. The molecule has 1 unspecified atom stereocenters. The first-order valence-corrected chi connectivity index (χ1v) is 5.20. The van der Waals surface area contributed by atoms with Crippen LogP contribution in [0.15, 0.2) is 24.5 Å². The van der Waals surface area contributed by atoms with Gasteiger partial charge in [0.2, 0.25) is 0 Å². The van der Waals surface area contributed by atoms with Crippen LogP contribution in [0.25, 0.3) is 0 Å². The molecule has 3 N–H and O–H groups in total. The highest BCUT2D eigenvalue weighted by Crippen LogP contribution is 2.10. The van der Waals surface area contributed by atoms with Crippen LogP contribution in [-0.4, -0.2) is 27.6 Å². The van der Waals surface area contributed by atoms with Gasteiger partial charge in [0.05, 0.1) is 11.9 Å². The van der Waals surface area contributed by atoms with E-state index in [0.29, 0.717) is 12.1 Å². The second-order valence-electron chi connectivity index (χ2n) is 3.81. The average Bonchev–Trinajstić information content (AvgIpc) is 2.29. The van der Waals surface area contributed by atoms with Gasteiger partial charge in [-0.05, 0) is 25.5 Å². The molecular weight excluding hydrogens is 222 g/mol. The van der Waals surface area contributed by atoms with Crippen LogP contribution in [0.1, 0.15) is 20.3 Å². The molecule has 0 saturated carbocycles. The Kier molecular flexibility index (Phi) is 4.03. The quantitative estimate of drug-likeness (QED) is 0.739. The average molecular weight is 237 g/mol. The fraction of sp³-hybridized carbons (Fsp3) is 0.364. The maximum atomic E-state index is 11.6. The largest absolute Gasteiger partial charge is 0.480 e. The van der Waals surface area contributed by atoms with Crippen LogP contribution < -0.4 is 10.6 Å². The molecule has 0 aromatic carbocycles. The minimum Gasteiger partial charge on any atom is -0.480 e. The summed E-state index contributed by atoms with van der Waals surface area (Å²) in [6, 6.07) is 2.77. The number of carboxylic acid groups (broad SMARTS) is 1. The molecule has 0 radical (unpaired) electrons. The molecule has 6 nitrogen and oxygen atoms in total. The summed E-state index contributed by atoms with van der Waals surface area (Å²) < 4.78 is 0. The number of aromatic nitrogens is 1. The second-order valence-corrected chi connectivity index (χ2v) is 3.81. The highest BCUT2D eigenvalue weighted by molar-refractivity contribution is 5.93. The number of carbonyl (C=O) groups excluding carboxylic acids is 1.